The predicted molar refractivity (Wildman–Crippen MR) is 61.9 cm³/mol. The molecule has 0 fully saturated rings. The summed E-state index contributed by atoms with van der Waals surface area (Å²) >= 11 is 2.96. The summed E-state index contributed by atoms with van der Waals surface area (Å²) in [5.41, 5.74) is -0.210. The molecule has 8 heteroatoms. The van der Waals surface area contributed by atoms with Crippen LogP contribution in [0.2, 0.25) is 0 Å². The van der Waals surface area contributed by atoms with Crippen molar-refractivity contribution in [2.75, 3.05) is 5.23 Å². The van der Waals surface area contributed by atoms with Gasteiger partial charge >= 0.3 is 0 Å². The van der Waals surface area contributed by atoms with Gasteiger partial charge in [0.1, 0.15) is 4.90 Å². The molecule has 0 radical (unpaired) electrons. The van der Waals surface area contributed by atoms with Gasteiger partial charge in [0, 0.05) is 10.0 Å². The van der Waals surface area contributed by atoms with Crippen molar-refractivity contribution < 1.29 is 18.2 Å². The second-order valence-electron chi connectivity index (χ2n) is 2.83. The number of benzene rings is 1. The second kappa shape index (κ2) is 4.52. The Morgan fingerprint density at radius 3 is 2.44 bits per heavy atom. The molecule has 16 heavy (non-hydrogen) atoms. The Kier molecular flexibility index (Phi) is 3.71. The van der Waals surface area contributed by atoms with Crippen molar-refractivity contribution in [3.8, 4) is 0 Å². The van der Waals surface area contributed by atoms with Gasteiger partial charge in [-0.1, -0.05) is 28.6 Å². The van der Waals surface area contributed by atoms with Crippen LogP contribution < -0.4 is 5.23 Å². The van der Waals surface area contributed by atoms with Gasteiger partial charge in [-0.2, -0.15) is 8.42 Å². The Hall–Kier alpha value is -0.930. The second-order valence-corrected chi connectivity index (χ2v) is 5.18. The Morgan fingerprint density at radius 1 is 1.50 bits per heavy atom. The molecule has 0 amide bonds. The zero-order chi connectivity index (χ0) is 12.5. The fraction of sp³-hybridized carbons (Fsp3) is 0. The van der Waals surface area contributed by atoms with E-state index in [1.54, 1.807) is 0 Å². The average molecular weight is 309 g/mol. The van der Waals surface area contributed by atoms with Crippen molar-refractivity contribution in [1.82, 2.24) is 0 Å². The fourth-order valence-corrected chi connectivity index (χ4v) is 2.28. The molecule has 1 aromatic rings. The summed E-state index contributed by atoms with van der Waals surface area (Å²) in [6, 6.07) is 3.25. The van der Waals surface area contributed by atoms with Crippen LogP contribution in [0.3, 0.4) is 0 Å². The van der Waals surface area contributed by atoms with Crippen LogP contribution >= 0.6 is 15.9 Å². The minimum absolute atomic E-state index is 0.105. The molecule has 0 heterocycles. The maximum atomic E-state index is 11.0. The van der Waals surface area contributed by atoms with Gasteiger partial charge < -0.3 is 10.4 Å². The molecular weight excluding hydrogens is 302 g/mol. The third kappa shape index (κ3) is 2.80. The van der Waals surface area contributed by atoms with E-state index < -0.39 is 20.2 Å². The van der Waals surface area contributed by atoms with Gasteiger partial charge in [-0.25, -0.2) is 0 Å². The lowest BCUT2D eigenvalue weighted by molar-refractivity contribution is 0.296. The maximum Gasteiger partial charge on any atom is 0.295 e. The molecule has 0 aliphatic heterocycles. The summed E-state index contributed by atoms with van der Waals surface area (Å²) in [6.45, 7) is 3.46. The monoisotopic (exact) mass is 308 g/mol. The third-order valence-electron chi connectivity index (χ3n) is 1.76. The summed E-state index contributed by atoms with van der Waals surface area (Å²) in [5.74, 6) is 0. The van der Waals surface area contributed by atoms with Gasteiger partial charge in [0.05, 0.1) is 5.69 Å². The average Bonchev–Trinajstić information content (AvgIpc) is 2.15. The molecular formula is C8H7BrNO5S-. The van der Waals surface area contributed by atoms with E-state index in [1.165, 1.54) is 12.1 Å². The zero-order valence-electron chi connectivity index (χ0n) is 7.79. The summed E-state index contributed by atoms with van der Waals surface area (Å²) in [7, 11) is -4.50. The van der Waals surface area contributed by atoms with Crippen LogP contribution in [0.4, 0.5) is 5.69 Å². The molecule has 0 spiro atoms. The summed E-state index contributed by atoms with van der Waals surface area (Å²) in [5, 5.41) is 18.7. The SMILES string of the molecule is C=C(Br)c1ccc(N([O-])O)cc1S(=O)(=O)O. The van der Waals surface area contributed by atoms with Gasteiger partial charge in [0.15, 0.2) is 0 Å². The van der Waals surface area contributed by atoms with E-state index in [0.717, 1.165) is 6.07 Å². The molecule has 0 bridgehead atoms. The number of anilines is 1. The van der Waals surface area contributed by atoms with E-state index in [2.05, 4.69) is 22.5 Å². The van der Waals surface area contributed by atoms with E-state index in [0.29, 0.717) is 0 Å². The standard InChI is InChI=1S/C8H7BrNO5S/c1-5(9)7-3-2-6(10(11)12)4-8(7)16(13,14)15/h2-4,11H,1H2,(H,13,14,15)/q-1. The Balaban J connectivity index is 3.51. The molecule has 0 saturated heterocycles. The van der Waals surface area contributed by atoms with Crippen LogP contribution in [0.1, 0.15) is 5.56 Å². The van der Waals surface area contributed by atoms with E-state index in [9.17, 15) is 13.6 Å². The van der Waals surface area contributed by atoms with E-state index in [1.807, 2.05) is 0 Å². The minimum Gasteiger partial charge on any atom is -0.733 e. The van der Waals surface area contributed by atoms with Gasteiger partial charge in [0.2, 0.25) is 0 Å². The fourth-order valence-electron chi connectivity index (χ4n) is 1.07. The van der Waals surface area contributed by atoms with Crippen molar-refractivity contribution in [1.29, 1.82) is 0 Å². The number of nitrogens with zero attached hydrogens (tertiary/aromatic N) is 1. The highest BCUT2D eigenvalue weighted by Gasteiger charge is 2.17. The largest absolute Gasteiger partial charge is 0.733 e. The normalized spacial score (nSPS) is 11.2. The highest BCUT2D eigenvalue weighted by Crippen LogP contribution is 2.29. The first-order chi connectivity index (χ1) is 7.23. The Labute approximate surface area is 100 Å². The summed E-state index contributed by atoms with van der Waals surface area (Å²) in [4.78, 5) is -0.512. The lowest BCUT2D eigenvalue weighted by Crippen LogP contribution is -2.09. The minimum atomic E-state index is -4.50. The maximum absolute atomic E-state index is 11.0. The highest BCUT2D eigenvalue weighted by molar-refractivity contribution is 9.15. The van der Waals surface area contributed by atoms with Gasteiger partial charge in [-0.05, 0) is 12.1 Å². The third-order valence-corrected chi connectivity index (χ3v) is 3.08. The van der Waals surface area contributed by atoms with E-state index in [-0.39, 0.29) is 15.7 Å². The smallest absolute Gasteiger partial charge is 0.295 e. The first-order valence-electron chi connectivity index (χ1n) is 3.86. The van der Waals surface area contributed by atoms with Crippen molar-refractivity contribution in [3.05, 3.63) is 35.5 Å². The van der Waals surface area contributed by atoms with Crippen molar-refractivity contribution in [3.63, 3.8) is 0 Å². The lowest BCUT2D eigenvalue weighted by Gasteiger charge is -2.22. The molecule has 0 atom stereocenters. The summed E-state index contributed by atoms with van der Waals surface area (Å²) < 4.78 is 31.2. The topological polar surface area (TPSA) is 101 Å². The first kappa shape index (κ1) is 13.1. The van der Waals surface area contributed by atoms with E-state index in [4.69, 9.17) is 9.76 Å². The number of hydrogen-bond acceptors (Lipinski definition) is 5. The van der Waals surface area contributed by atoms with Gasteiger partial charge in [0.25, 0.3) is 10.1 Å². The molecule has 88 valence electrons. The van der Waals surface area contributed by atoms with Crippen molar-refractivity contribution >= 4 is 36.2 Å². The quantitative estimate of drug-likeness (QED) is 0.654. The number of halogens is 1. The molecule has 0 saturated carbocycles. The van der Waals surface area contributed by atoms with Gasteiger partial charge in [-0.3, -0.25) is 9.76 Å². The number of hydrogen-bond donors (Lipinski definition) is 2. The molecule has 1 rings (SSSR count). The predicted octanol–water partition coefficient (Wildman–Crippen LogP) is 1.99. The molecule has 0 unspecified atom stereocenters. The van der Waals surface area contributed by atoms with Crippen LogP contribution in [0.15, 0.2) is 29.7 Å². The van der Waals surface area contributed by atoms with E-state index >= 15 is 0 Å². The van der Waals surface area contributed by atoms with Gasteiger partial charge in [-0.15, -0.1) is 0 Å². The van der Waals surface area contributed by atoms with Crippen LogP contribution in [0.25, 0.3) is 4.48 Å². The Morgan fingerprint density at radius 2 is 2.06 bits per heavy atom. The van der Waals surface area contributed by atoms with Crippen molar-refractivity contribution in [2.45, 2.75) is 4.90 Å². The van der Waals surface area contributed by atoms with Crippen LogP contribution in [0, 0.1) is 5.21 Å². The van der Waals surface area contributed by atoms with Crippen LogP contribution in [0.5, 0.6) is 0 Å². The zero-order valence-corrected chi connectivity index (χ0v) is 10.2. The lowest BCUT2D eigenvalue weighted by atomic mass is 10.2. The summed E-state index contributed by atoms with van der Waals surface area (Å²) in [6.07, 6.45) is 0. The molecule has 2 N–H and O–H groups in total. The molecule has 6 nitrogen and oxygen atoms in total. The van der Waals surface area contributed by atoms with Crippen LogP contribution in [-0.4, -0.2) is 18.2 Å². The van der Waals surface area contributed by atoms with Crippen molar-refractivity contribution in [2.24, 2.45) is 0 Å². The highest BCUT2D eigenvalue weighted by atomic mass is 79.9. The Bertz CT molecular complexity index is 525. The first-order valence-corrected chi connectivity index (χ1v) is 6.09. The molecule has 0 aliphatic rings. The molecule has 1 aromatic carbocycles. The molecule has 0 aromatic heterocycles. The number of rotatable bonds is 3. The molecule has 0 aliphatic carbocycles. The van der Waals surface area contributed by atoms with Crippen LogP contribution in [-0.2, 0) is 10.1 Å².